The van der Waals surface area contributed by atoms with E-state index < -0.39 is 19.9 Å². The van der Waals surface area contributed by atoms with Gasteiger partial charge in [-0.15, -0.1) is 11.3 Å². The number of amides is 1. The van der Waals surface area contributed by atoms with E-state index in [-0.39, 0.29) is 5.91 Å². The predicted molar refractivity (Wildman–Crippen MR) is 144 cm³/mol. The quantitative estimate of drug-likeness (QED) is 0.169. The predicted octanol–water partition coefficient (Wildman–Crippen LogP) is 7.11. The second-order valence-corrected chi connectivity index (χ2v) is 18.0. The second kappa shape index (κ2) is 9.40. The maximum atomic E-state index is 15.0. The number of anilines is 1. The van der Waals surface area contributed by atoms with Gasteiger partial charge in [0.25, 0.3) is 5.91 Å². The lowest BCUT2D eigenvalue weighted by Gasteiger charge is -2.26. The first kappa shape index (κ1) is 24.6. The monoisotopic (exact) mass is 592 g/mol. The number of fused-ring (bicyclic) bond motifs is 2. The van der Waals surface area contributed by atoms with Crippen molar-refractivity contribution in [3.05, 3.63) is 73.6 Å². The molecule has 0 aliphatic carbocycles. The van der Waals surface area contributed by atoms with E-state index in [1.807, 2.05) is 22.8 Å². The van der Waals surface area contributed by atoms with Crippen molar-refractivity contribution in [3.63, 3.8) is 0 Å². The normalized spacial score (nSPS) is 15.9. The van der Waals surface area contributed by atoms with Crippen LogP contribution in [0.1, 0.15) is 27.0 Å². The van der Waals surface area contributed by atoms with Gasteiger partial charge in [-0.25, -0.2) is 14.4 Å². The second-order valence-electron chi connectivity index (χ2n) is 9.66. The van der Waals surface area contributed by atoms with E-state index in [1.165, 1.54) is 17.4 Å². The number of benzene rings is 2. The molecule has 0 N–H and O–H groups in total. The van der Waals surface area contributed by atoms with Crippen LogP contribution >= 0.6 is 38.9 Å². The van der Waals surface area contributed by atoms with Crippen LogP contribution in [0.25, 0.3) is 11.0 Å². The molecule has 0 bridgehead atoms. The summed E-state index contributed by atoms with van der Waals surface area (Å²) in [7, 11) is -1.16. The Morgan fingerprint density at radius 1 is 1.23 bits per heavy atom. The number of hydrogen-bond acceptors (Lipinski definition) is 5. The highest BCUT2D eigenvalue weighted by Gasteiger charge is 2.43. The minimum Gasteiger partial charge on any atom is -0.361 e. The average Bonchev–Trinajstić information content (AvgIpc) is 3.43. The number of carbonyl (C=O) groups is 1. The first-order chi connectivity index (χ1) is 16.6. The van der Waals surface area contributed by atoms with Crippen LogP contribution in [0, 0.1) is 5.82 Å². The maximum Gasteiger partial charge on any atom is 0.271 e. The summed E-state index contributed by atoms with van der Waals surface area (Å²) in [4.78, 5) is 24.5. The van der Waals surface area contributed by atoms with Crippen molar-refractivity contribution in [2.75, 3.05) is 11.5 Å². The summed E-state index contributed by atoms with van der Waals surface area (Å²) in [5.74, 6) is -0.714. The Balaban J connectivity index is 1.48. The Morgan fingerprint density at radius 2 is 2.03 bits per heavy atom. The summed E-state index contributed by atoms with van der Waals surface area (Å²) in [5.41, 5.74) is 3.10. The van der Waals surface area contributed by atoms with Crippen LogP contribution in [0.2, 0.25) is 30.7 Å². The van der Waals surface area contributed by atoms with Crippen molar-refractivity contribution >= 4 is 69.6 Å². The molecule has 1 aliphatic heterocycles. The molecule has 2 aromatic heterocycles. The van der Waals surface area contributed by atoms with Crippen LogP contribution < -0.4 is 4.90 Å². The lowest BCUT2D eigenvalue weighted by atomic mass is 10.0. The Hall–Kier alpha value is -2.11. The summed E-state index contributed by atoms with van der Waals surface area (Å²) < 4.78 is 23.4. The zero-order chi connectivity index (χ0) is 24.9. The molecule has 5 rings (SSSR count). The minimum absolute atomic E-state index is 0.226. The third kappa shape index (κ3) is 4.82. The standard InChI is InChI=1S/C24H23BrClFN4O2SSi/c1-35(2,3)9-8-33-13-30-12-28-18-11-15(5-7-19(18)30)31-21(16-6-4-14(26)10-17(16)27)20-22(23(31)32)34-24(25)29-20/h4-7,10-12,21H,8-9,13H2,1-3H3. The van der Waals surface area contributed by atoms with Crippen LogP contribution in [0.5, 0.6) is 0 Å². The van der Waals surface area contributed by atoms with Crippen molar-refractivity contribution in [2.24, 2.45) is 0 Å². The number of aromatic nitrogens is 3. The molecule has 182 valence electrons. The van der Waals surface area contributed by atoms with E-state index in [9.17, 15) is 4.79 Å². The molecule has 3 heterocycles. The molecule has 2 aromatic carbocycles. The number of halogens is 3. The molecule has 35 heavy (non-hydrogen) atoms. The summed E-state index contributed by atoms with van der Waals surface area (Å²) in [6.45, 7) is 8.09. The molecule has 1 aliphatic rings. The van der Waals surface area contributed by atoms with Gasteiger partial charge in [0, 0.05) is 31.0 Å². The van der Waals surface area contributed by atoms with Gasteiger partial charge in [-0.1, -0.05) is 37.3 Å². The zero-order valence-electron chi connectivity index (χ0n) is 19.4. The SMILES string of the molecule is C[Si](C)(C)CCOCn1cnc2cc(N3C(=O)c4sc(Br)nc4C3c3ccc(Cl)cc3F)ccc21. The number of imidazole rings is 1. The lowest BCUT2D eigenvalue weighted by Crippen LogP contribution is -2.29. The highest BCUT2D eigenvalue weighted by Crippen LogP contribution is 2.45. The minimum atomic E-state index is -1.16. The van der Waals surface area contributed by atoms with E-state index in [1.54, 1.807) is 23.4 Å². The molecular weight excluding hydrogens is 571 g/mol. The lowest BCUT2D eigenvalue weighted by molar-refractivity contribution is 0.0898. The van der Waals surface area contributed by atoms with E-state index >= 15 is 4.39 Å². The molecule has 0 radical (unpaired) electrons. The van der Waals surface area contributed by atoms with Gasteiger partial charge in [0.2, 0.25) is 0 Å². The topological polar surface area (TPSA) is 60.2 Å². The van der Waals surface area contributed by atoms with Crippen LogP contribution in [-0.2, 0) is 11.5 Å². The smallest absolute Gasteiger partial charge is 0.271 e. The highest BCUT2D eigenvalue weighted by molar-refractivity contribution is 9.11. The van der Waals surface area contributed by atoms with Crippen molar-refractivity contribution in [1.29, 1.82) is 0 Å². The van der Waals surface area contributed by atoms with Gasteiger partial charge in [-0.3, -0.25) is 9.69 Å². The van der Waals surface area contributed by atoms with E-state index in [2.05, 4.69) is 45.5 Å². The third-order valence-electron chi connectivity index (χ3n) is 5.92. The molecule has 1 unspecified atom stereocenters. The van der Waals surface area contributed by atoms with Gasteiger partial charge in [0.15, 0.2) is 3.92 Å². The molecule has 6 nitrogen and oxygen atoms in total. The van der Waals surface area contributed by atoms with E-state index in [0.717, 1.165) is 23.7 Å². The van der Waals surface area contributed by atoms with Crippen LogP contribution in [0.15, 0.2) is 46.6 Å². The molecule has 1 amide bonds. The van der Waals surface area contributed by atoms with Crippen molar-refractivity contribution < 1.29 is 13.9 Å². The van der Waals surface area contributed by atoms with Crippen LogP contribution in [0.3, 0.4) is 0 Å². The highest BCUT2D eigenvalue weighted by atomic mass is 79.9. The first-order valence-electron chi connectivity index (χ1n) is 11.1. The molecule has 4 aromatic rings. The maximum absolute atomic E-state index is 15.0. The van der Waals surface area contributed by atoms with Gasteiger partial charge in [0.05, 0.1) is 23.1 Å². The summed E-state index contributed by atoms with van der Waals surface area (Å²) in [5, 5.41) is 0.292. The number of nitrogens with zero attached hydrogens (tertiary/aromatic N) is 4. The molecule has 0 saturated carbocycles. The van der Waals surface area contributed by atoms with Gasteiger partial charge < -0.3 is 9.30 Å². The number of carbonyl (C=O) groups excluding carboxylic acids is 1. The van der Waals surface area contributed by atoms with Crippen molar-refractivity contribution in [1.82, 2.24) is 14.5 Å². The fourth-order valence-electron chi connectivity index (χ4n) is 4.11. The Kier molecular flexibility index (Phi) is 6.60. The summed E-state index contributed by atoms with van der Waals surface area (Å²) >= 11 is 10.6. The van der Waals surface area contributed by atoms with E-state index in [0.29, 0.717) is 37.5 Å². The average molecular weight is 594 g/mol. The van der Waals surface area contributed by atoms with Gasteiger partial charge in [0.1, 0.15) is 23.5 Å². The molecular formula is C24H23BrClFN4O2SSi. The van der Waals surface area contributed by atoms with Gasteiger partial charge >= 0.3 is 0 Å². The van der Waals surface area contributed by atoms with Crippen molar-refractivity contribution in [3.8, 4) is 0 Å². The number of hydrogen-bond donors (Lipinski definition) is 0. The first-order valence-corrected chi connectivity index (χ1v) is 16.8. The zero-order valence-corrected chi connectivity index (χ0v) is 23.5. The summed E-state index contributed by atoms with van der Waals surface area (Å²) in [6, 6.07) is 10.5. The fraction of sp³-hybridized carbons (Fsp3) is 0.292. The van der Waals surface area contributed by atoms with Gasteiger partial charge in [-0.2, -0.15) is 0 Å². The molecule has 0 saturated heterocycles. The molecule has 0 fully saturated rings. The number of ether oxygens (including phenoxy) is 1. The Bertz CT molecular complexity index is 1440. The van der Waals surface area contributed by atoms with Crippen LogP contribution in [-0.4, -0.2) is 35.1 Å². The number of rotatable bonds is 7. The Morgan fingerprint density at radius 3 is 2.77 bits per heavy atom. The van der Waals surface area contributed by atoms with E-state index in [4.69, 9.17) is 16.3 Å². The summed E-state index contributed by atoms with van der Waals surface area (Å²) in [6.07, 6.45) is 1.74. The number of thiazole rings is 1. The largest absolute Gasteiger partial charge is 0.361 e. The fourth-order valence-corrected chi connectivity index (χ4v) is 6.47. The molecule has 1 atom stereocenters. The third-order valence-corrected chi connectivity index (χ3v) is 9.37. The van der Waals surface area contributed by atoms with Crippen molar-refractivity contribution in [2.45, 2.75) is 38.5 Å². The molecule has 11 heteroatoms. The molecule has 0 spiro atoms. The van der Waals surface area contributed by atoms with Gasteiger partial charge in [-0.05, 0) is 52.3 Å². The Labute approximate surface area is 220 Å². The van der Waals surface area contributed by atoms with Crippen LogP contribution in [0.4, 0.5) is 10.1 Å².